The number of aliphatic hydroxyl groups excluding tert-OH is 1. The van der Waals surface area contributed by atoms with E-state index in [0.29, 0.717) is 6.61 Å². The molecule has 2 rings (SSSR count). The summed E-state index contributed by atoms with van der Waals surface area (Å²) >= 11 is 0. The lowest BCUT2D eigenvalue weighted by atomic mass is 9.74. The molecule has 0 spiro atoms. The van der Waals surface area contributed by atoms with Crippen LogP contribution >= 0.6 is 0 Å². The van der Waals surface area contributed by atoms with Crippen LogP contribution in [0, 0.1) is 5.41 Å². The Morgan fingerprint density at radius 1 is 1.10 bits per heavy atom. The number of rotatable bonds is 7. The van der Waals surface area contributed by atoms with Crippen molar-refractivity contribution in [3.63, 3.8) is 0 Å². The van der Waals surface area contributed by atoms with Crippen LogP contribution < -0.4 is 5.32 Å². The van der Waals surface area contributed by atoms with E-state index in [2.05, 4.69) is 49.5 Å². The molecule has 2 heteroatoms. The minimum Gasteiger partial charge on any atom is -0.396 e. The van der Waals surface area contributed by atoms with Crippen molar-refractivity contribution in [3.05, 3.63) is 35.9 Å². The fraction of sp³-hybridized carbons (Fsp3) is 0.684. The molecule has 0 radical (unpaired) electrons. The Hall–Kier alpha value is -0.860. The molecule has 0 aromatic heterocycles. The zero-order chi connectivity index (χ0) is 15.2. The van der Waals surface area contributed by atoms with E-state index in [4.69, 9.17) is 0 Å². The van der Waals surface area contributed by atoms with Crippen LogP contribution in [-0.4, -0.2) is 23.8 Å². The van der Waals surface area contributed by atoms with E-state index in [1.165, 1.54) is 37.7 Å². The third-order valence-electron chi connectivity index (χ3n) is 5.07. The van der Waals surface area contributed by atoms with Crippen LogP contribution in [0.3, 0.4) is 0 Å². The van der Waals surface area contributed by atoms with E-state index >= 15 is 0 Å². The summed E-state index contributed by atoms with van der Waals surface area (Å²) in [5, 5.41) is 13.5. The summed E-state index contributed by atoms with van der Waals surface area (Å²) in [6, 6.07) is 10.7. The molecule has 0 amide bonds. The van der Waals surface area contributed by atoms with Crippen LogP contribution in [0.2, 0.25) is 0 Å². The maximum absolute atomic E-state index is 9.81. The second kappa shape index (κ2) is 7.42. The third kappa shape index (κ3) is 5.12. The largest absolute Gasteiger partial charge is 0.396 e. The molecule has 1 aliphatic rings. The summed E-state index contributed by atoms with van der Waals surface area (Å²) in [5.41, 5.74) is 1.65. The molecule has 118 valence electrons. The van der Waals surface area contributed by atoms with Gasteiger partial charge in [-0.1, -0.05) is 49.6 Å². The highest BCUT2D eigenvalue weighted by Crippen LogP contribution is 2.35. The number of aliphatic hydroxyl groups is 1. The van der Waals surface area contributed by atoms with Gasteiger partial charge in [0.2, 0.25) is 0 Å². The molecule has 0 bridgehead atoms. The summed E-state index contributed by atoms with van der Waals surface area (Å²) < 4.78 is 0. The highest BCUT2D eigenvalue weighted by atomic mass is 16.3. The van der Waals surface area contributed by atoms with Crippen molar-refractivity contribution >= 4 is 0 Å². The monoisotopic (exact) mass is 289 g/mol. The van der Waals surface area contributed by atoms with Gasteiger partial charge in [-0.15, -0.1) is 0 Å². The smallest absolute Gasteiger partial charge is 0.0499 e. The Morgan fingerprint density at radius 3 is 2.38 bits per heavy atom. The summed E-state index contributed by atoms with van der Waals surface area (Å²) in [6.07, 6.45) is 8.44. The molecular formula is C19H31NO. The van der Waals surface area contributed by atoms with Crippen molar-refractivity contribution in [1.82, 2.24) is 5.32 Å². The predicted octanol–water partition coefficient (Wildman–Crippen LogP) is 3.93. The second-order valence-corrected chi connectivity index (χ2v) is 7.44. The second-order valence-electron chi connectivity index (χ2n) is 7.44. The van der Waals surface area contributed by atoms with Crippen molar-refractivity contribution in [2.45, 2.75) is 64.3 Å². The molecule has 0 atom stereocenters. The standard InChI is InChI=1S/C19H31NO/c1-18(2,14-11-17-9-5-3-6-10-17)20-15-19(16-21)12-7-4-8-13-19/h3,5-6,9-10,20-21H,4,7-8,11-16H2,1-2H3. The Bertz CT molecular complexity index is 407. The number of hydrogen-bond donors (Lipinski definition) is 2. The lowest BCUT2D eigenvalue weighted by Crippen LogP contribution is -2.48. The van der Waals surface area contributed by atoms with E-state index in [1.807, 2.05) is 0 Å². The molecule has 0 saturated heterocycles. The number of hydrogen-bond acceptors (Lipinski definition) is 2. The van der Waals surface area contributed by atoms with Crippen LogP contribution in [0.1, 0.15) is 57.9 Å². The fourth-order valence-corrected chi connectivity index (χ4v) is 3.31. The SMILES string of the molecule is CC(C)(CCc1ccccc1)NCC1(CO)CCCCC1. The minimum absolute atomic E-state index is 0.120. The van der Waals surface area contributed by atoms with E-state index in [9.17, 15) is 5.11 Å². The van der Waals surface area contributed by atoms with Gasteiger partial charge < -0.3 is 10.4 Å². The van der Waals surface area contributed by atoms with Gasteiger partial charge in [0.15, 0.2) is 0 Å². The molecule has 1 fully saturated rings. The lowest BCUT2D eigenvalue weighted by molar-refractivity contribution is 0.0729. The third-order valence-corrected chi connectivity index (χ3v) is 5.07. The van der Waals surface area contributed by atoms with Crippen molar-refractivity contribution in [2.75, 3.05) is 13.2 Å². The van der Waals surface area contributed by atoms with Crippen molar-refractivity contribution in [2.24, 2.45) is 5.41 Å². The highest BCUT2D eigenvalue weighted by molar-refractivity contribution is 5.15. The van der Waals surface area contributed by atoms with Gasteiger partial charge in [-0.25, -0.2) is 0 Å². The van der Waals surface area contributed by atoms with Crippen LogP contribution in [0.25, 0.3) is 0 Å². The molecule has 2 nitrogen and oxygen atoms in total. The first kappa shape index (κ1) is 16.5. The highest BCUT2D eigenvalue weighted by Gasteiger charge is 2.32. The normalized spacial score (nSPS) is 18.6. The van der Waals surface area contributed by atoms with Crippen LogP contribution in [0.5, 0.6) is 0 Å². The molecule has 0 aliphatic heterocycles. The predicted molar refractivity (Wildman–Crippen MR) is 89.4 cm³/mol. The Kier molecular flexibility index (Phi) is 5.83. The van der Waals surface area contributed by atoms with Crippen molar-refractivity contribution in [3.8, 4) is 0 Å². The Labute approximate surface area is 130 Å². The molecule has 1 aromatic rings. The molecule has 1 aromatic carbocycles. The van der Waals surface area contributed by atoms with E-state index < -0.39 is 0 Å². The molecular weight excluding hydrogens is 258 g/mol. The summed E-state index contributed by atoms with van der Waals surface area (Å²) in [7, 11) is 0. The van der Waals surface area contributed by atoms with Crippen molar-refractivity contribution in [1.29, 1.82) is 0 Å². The average Bonchev–Trinajstić information content (AvgIpc) is 2.53. The average molecular weight is 289 g/mol. The van der Waals surface area contributed by atoms with Gasteiger partial charge >= 0.3 is 0 Å². The van der Waals surface area contributed by atoms with Gasteiger partial charge in [-0.3, -0.25) is 0 Å². The van der Waals surface area contributed by atoms with Crippen LogP contribution in [-0.2, 0) is 6.42 Å². The fourth-order valence-electron chi connectivity index (χ4n) is 3.31. The molecule has 2 N–H and O–H groups in total. The van der Waals surface area contributed by atoms with Gasteiger partial charge in [0, 0.05) is 24.1 Å². The topological polar surface area (TPSA) is 32.3 Å². The molecule has 0 unspecified atom stereocenters. The first-order chi connectivity index (χ1) is 10.1. The summed E-state index contributed by atoms with van der Waals surface area (Å²) in [6.45, 7) is 5.84. The minimum atomic E-state index is 0.120. The first-order valence-corrected chi connectivity index (χ1v) is 8.45. The quantitative estimate of drug-likeness (QED) is 0.797. The summed E-state index contributed by atoms with van der Waals surface area (Å²) in [4.78, 5) is 0. The van der Waals surface area contributed by atoms with Crippen LogP contribution in [0.4, 0.5) is 0 Å². The lowest BCUT2D eigenvalue weighted by Gasteiger charge is -2.39. The molecule has 21 heavy (non-hydrogen) atoms. The van der Waals surface area contributed by atoms with Crippen molar-refractivity contribution < 1.29 is 5.11 Å². The van der Waals surface area contributed by atoms with Gasteiger partial charge in [-0.2, -0.15) is 0 Å². The number of nitrogens with one attached hydrogen (secondary N) is 1. The zero-order valence-electron chi connectivity index (χ0n) is 13.7. The molecule has 1 aliphatic carbocycles. The maximum atomic E-state index is 9.81. The van der Waals surface area contributed by atoms with Gasteiger partial charge in [0.05, 0.1) is 0 Å². The molecule has 1 saturated carbocycles. The Morgan fingerprint density at radius 2 is 1.76 bits per heavy atom. The zero-order valence-corrected chi connectivity index (χ0v) is 13.7. The molecule has 0 heterocycles. The van der Waals surface area contributed by atoms with Gasteiger partial charge in [0.1, 0.15) is 0 Å². The number of benzene rings is 1. The summed E-state index contributed by atoms with van der Waals surface area (Å²) in [5.74, 6) is 0. The van der Waals surface area contributed by atoms with E-state index in [1.54, 1.807) is 0 Å². The van der Waals surface area contributed by atoms with E-state index in [0.717, 1.165) is 19.4 Å². The Balaban J connectivity index is 1.82. The van der Waals surface area contributed by atoms with Crippen LogP contribution in [0.15, 0.2) is 30.3 Å². The van der Waals surface area contributed by atoms with Gasteiger partial charge in [-0.05, 0) is 45.1 Å². The number of aryl methyl sites for hydroxylation is 1. The van der Waals surface area contributed by atoms with E-state index in [-0.39, 0.29) is 11.0 Å². The maximum Gasteiger partial charge on any atom is 0.0499 e. The van der Waals surface area contributed by atoms with Gasteiger partial charge in [0.25, 0.3) is 0 Å². The first-order valence-electron chi connectivity index (χ1n) is 8.45.